The van der Waals surface area contributed by atoms with Crippen molar-refractivity contribution in [1.82, 2.24) is 15.0 Å². The average molecular weight is 411 g/mol. The topological polar surface area (TPSA) is 86.3 Å². The molecule has 2 amide bonds. The van der Waals surface area contributed by atoms with E-state index in [1.165, 1.54) is 12.4 Å². The first-order valence-electron chi connectivity index (χ1n) is 9.34. The zero-order valence-electron chi connectivity index (χ0n) is 15.9. The molecule has 0 bridgehead atoms. The van der Waals surface area contributed by atoms with Gasteiger partial charge in [0, 0.05) is 38.4 Å². The Kier molecular flexibility index (Phi) is 5.64. The lowest BCUT2D eigenvalue weighted by molar-refractivity contribution is 0.262. The molecular formula is C20H19F2N7O. The molecule has 2 aromatic heterocycles. The van der Waals surface area contributed by atoms with E-state index < -0.39 is 17.7 Å². The number of aromatic nitrogens is 3. The van der Waals surface area contributed by atoms with Crippen molar-refractivity contribution in [3.8, 4) is 0 Å². The summed E-state index contributed by atoms with van der Waals surface area (Å²) in [4.78, 5) is 29.2. The van der Waals surface area contributed by atoms with Crippen molar-refractivity contribution in [2.24, 2.45) is 0 Å². The molecule has 0 spiro atoms. The number of carbonyl (C=O) groups is 1. The molecule has 30 heavy (non-hydrogen) atoms. The molecular weight excluding hydrogens is 392 g/mol. The summed E-state index contributed by atoms with van der Waals surface area (Å²) < 4.78 is 26.6. The van der Waals surface area contributed by atoms with E-state index in [2.05, 4.69) is 35.4 Å². The minimum absolute atomic E-state index is 0.128. The van der Waals surface area contributed by atoms with E-state index in [9.17, 15) is 13.6 Å². The van der Waals surface area contributed by atoms with Gasteiger partial charge in [-0.15, -0.1) is 0 Å². The highest BCUT2D eigenvalue weighted by atomic mass is 19.1. The van der Waals surface area contributed by atoms with E-state index in [-0.39, 0.29) is 5.69 Å². The molecule has 154 valence electrons. The lowest BCUT2D eigenvalue weighted by atomic mass is 10.3. The van der Waals surface area contributed by atoms with Gasteiger partial charge in [-0.05, 0) is 24.3 Å². The van der Waals surface area contributed by atoms with Crippen molar-refractivity contribution >= 4 is 29.2 Å². The van der Waals surface area contributed by atoms with Crippen molar-refractivity contribution in [3.63, 3.8) is 0 Å². The Morgan fingerprint density at radius 3 is 2.30 bits per heavy atom. The van der Waals surface area contributed by atoms with E-state index in [0.717, 1.165) is 44.1 Å². The first kappa shape index (κ1) is 19.5. The number of halogens is 2. The fourth-order valence-corrected chi connectivity index (χ4v) is 3.10. The molecule has 1 aliphatic rings. The second-order valence-electron chi connectivity index (χ2n) is 6.64. The summed E-state index contributed by atoms with van der Waals surface area (Å²) in [6.45, 7) is 3.08. The minimum Gasteiger partial charge on any atom is -0.353 e. The third kappa shape index (κ3) is 4.59. The van der Waals surface area contributed by atoms with Crippen LogP contribution in [-0.2, 0) is 0 Å². The number of hydrogen-bond acceptors (Lipinski definition) is 6. The van der Waals surface area contributed by atoms with Crippen LogP contribution in [0, 0.1) is 11.6 Å². The van der Waals surface area contributed by atoms with Gasteiger partial charge in [0.05, 0.1) is 23.8 Å². The summed E-state index contributed by atoms with van der Waals surface area (Å²) in [5.74, 6) is -0.0719. The Labute approximate surface area is 171 Å². The van der Waals surface area contributed by atoms with Crippen LogP contribution in [0.15, 0.2) is 55.0 Å². The highest BCUT2D eigenvalue weighted by molar-refractivity contribution is 5.99. The van der Waals surface area contributed by atoms with Crippen LogP contribution in [0.4, 0.5) is 36.7 Å². The van der Waals surface area contributed by atoms with Crippen LogP contribution in [0.25, 0.3) is 0 Å². The highest BCUT2D eigenvalue weighted by Gasteiger charge is 2.19. The Bertz CT molecular complexity index is 1010. The summed E-state index contributed by atoms with van der Waals surface area (Å²) in [7, 11) is 0. The second-order valence-corrected chi connectivity index (χ2v) is 6.64. The molecule has 8 nitrogen and oxygen atoms in total. The largest absolute Gasteiger partial charge is 0.353 e. The molecule has 1 aliphatic heterocycles. The third-order valence-electron chi connectivity index (χ3n) is 4.61. The minimum atomic E-state index is -0.860. The standard InChI is InChI=1S/C20H19F2N7O/c21-14-4-5-17(16(22)11-14)27-20(30)26-15-12-24-19(25-13-15)29-9-7-28(8-10-29)18-3-1-2-6-23-18/h1-6,11-13H,7-10H2,(H2,26,27,30). The van der Waals surface area contributed by atoms with Gasteiger partial charge in [0.1, 0.15) is 17.5 Å². The Hall–Kier alpha value is -3.82. The number of piperazine rings is 1. The Morgan fingerprint density at radius 2 is 1.63 bits per heavy atom. The number of rotatable bonds is 4. The SMILES string of the molecule is O=C(Nc1cnc(N2CCN(c3ccccn3)CC2)nc1)Nc1ccc(F)cc1F. The lowest BCUT2D eigenvalue weighted by Gasteiger charge is -2.35. The average Bonchev–Trinajstić information content (AvgIpc) is 2.77. The molecule has 1 fully saturated rings. The molecule has 1 saturated heterocycles. The van der Waals surface area contributed by atoms with Crippen LogP contribution < -0.4 is 20.4 Å². The van der Waals surface area contributed by atoms with E-state index in [1.54, 1.807) is 6.20 Å². The van der Waals surface area contributed by atoms with Crippen LogP contribution >= 0.6 is 0 Å². The molecule has 4 rings (SSSR count). The van der Waals surface area contributed by atoms with Crippen molar-refractivity contribution in [1.29, 1.82) is 0 Å². The number of urea groups is 1. The number of nitrogens with one attached hydrogen (secondary N) is 2. The maximum Gasteiger partial charge on any atom is 0.323 e. The van der Waals surface area contributed by atoms with Gasteiger partial charge in [-0.1, -0.05) is 6.07 Å². The highest BCUT2D eigenvalue weighted by Crippen LogP contribution is 2.18. The van der Waals surface area contributed by atoms with E-state index in [0.29, 0.717) is 17.7 Å². The third-order valence-corrected chi connectivity index (χ3v) is 4.61. The van der Waals surface area contributed by atoms with E-state index in [4.69, 9.17) is 0 Å². The number of benzene rings is 1. The van der Waals surface area contributed by atoms with Gasteiger partial charge in [0.2, 0.25) is 5.95 Å². The number of amides is 2. The van der Waals surface area contributed by atoms with Crippen LogP contribution in [0.5, 0.6) is 0 Å². The summed E-state index contributed by atoms with van der Waals surface area (Å²) >= 11 is 0. The smallest absolute Gasteiger partial charge is 0.323 e. The molecule has 0 aliphatic carbocycles. The first-order chi connectivity index (χ1) is 14.6. The van der Waals surface area contributed by atoms with Gasteiger partial charge in [0.25, 0.3) is 0 Å². The van der Waals surface area contributed by atoms with Crippen LogP contribution in [0.2, 0.25) is 0 Å². The van der Waals surface area contributed by atoms with Crippen molar-refractivity contribution in [2.45, 2.75) is 0 Å². The monoisotopic (exact) mass is 411 g/mol. The zero-order valence-corrected chi connectivity index (χ0v) is 15.9. The number of nitrogens with zero attached hydrogens (tertiary/aromatic N) is 5. The molecule has 0 unspecified atom stereocenters. The number of carbonyl (C=O) groups excluding carboxylic acids is 1. The van der Waals surface area contributed by atoms with Crippen molar-refractivity contribution < 1.29 is 13.6 Å². The number of hydrogen-bond donors (Lipinski definition) is 2. The summed E-state index contributed by atoms with van der Waals surface area (Å²) in [5, 5.41) is 4.84. The number of pyridine rings is 1. The van der Waals surface area contributed by atoms with Gasteiger partial charge >= 0.3 is 6.03 Å². The molecule has 0 radical (unpaired) electrons. The molecule has 2 N–H and O–H groups in total. The normalized spacial score (nSPS) is 13.8. The Balaban J connectivity index is 1.31. The molecule has 3 aromatic rings. The maximum atomic E-state index is 13.6. The van der Waals surface area contributed by atoms with Gasteiger partial charge in [-0.3, -0.25) is 0 Å². The molecule has 0 saturated carbocycles. The van der Waals surface area contributed by atoms with Gasteiger partial charge < -0.3 is 20.4 Å². The van der Waals surface area contributed by atoms with Gasteiger partial charge in [-0.25, -0.2) is 28.5 Å². The summed E-state index contributed by atoms with van der Waals surface area (Å²) in [5.41, 5.74) is 0.225. The zero-order chi connectivity index (χ0) is 20.9. The molecule has 0 atom stereocenters. The number of anilines is 4. The van der Waals surface area contributed by atoms with E-state index in [1.807, 2.05) is 18.2 Å². The molecule has 1 aromatic carbocycles. The van der Waals surface area contributed by atoms with Crippen molar-refractivity contribution in [3.05, 3.63) is 66.6 Å². The fourth-order valence-electron chi connectivity index (χ4n) is 3.10. The lowest BCUT2D eigenvalue weighted by Crippen LogP contribution is -2.47. The van der Waals surface area contributed by atoms with Crippen molar-refractivity contribution in [2.75, 3.05) is 46.6 Å². The molecule has 3 heterocycles. The second kappa shape index (κ2) is 8.68. The predicted octanol–water partition coefficient (Wildman–Crippen LogP) is 3.12. The fraction of sp³-hybridized carbons (Fsp3) is 0.200. The van der Waals surface area contributed by atoms with Crippen LogP contribution in [-0.4, -0.2) is 47.2 Å². The maximum absolute atomic E-state index is 13.6. The Morgan fingerprint density at radius 1 is 0.900 bits per heavy atom. The summed E-state index contributed by atoms with van der Waals surface area (Å²) in [6, 6.07) is 8.06. The first-order valence-corrected chi connectivity index (χ1v) is 9.34. The summed E-state index contributed by atoms with van der Waals surface area (Å²) in [6.07, 6.45) is 4.74. The predicted molar refractivity (Wildman–Crippen MR) is 110 cm³/mol. The van der Waals surface area contributed by atoms with Crippen LogP contribution in [0.1, 0.15) is 0 Å². The van der Waals surface area contributed by atoms with E-state index >= 15 is 0 Å². The molecule has 10 heteroatoms. The van der Waals surface area contributed by atoms with Crippen LogP contribution in [0.3, 0.4) is 0 Å². The van der Waals surface area contributed by atoms with Gasteiger partial charge in [-0.2, -0.15) is 0 Å². The van der Waals surface area contributed by atoms with Gasteiger partial charge in [0.15, 0.2) is 0 Å². The quantitative estimate of drug-likeness (QED) is 0.686.